The Labute approximate surface area is 123 Å². The lowest BCUT2D eigenvalue weighted by molar-refractivity contribution is -0.386. The topological polar surface area (TPSA) is 107 Å². The van der Waals surface area contributed by atoms with Gasteiger partial charge < -0.3 is 15.8 Å². The fraction of sp³-hybridized carbons (Fsp3) is 0.500. The molecule has 0 fully saturated rings. The Balaban J connectivity index is 2.80. The molecular weight excluding hydrogens is 274 g/mol. The summed E-state index contributed by atoms with van der Waals surface area (Å²) in [6, 6.07) is 4.39. The highest BCUT2D eigenvalue weighted by molar-refractivity contribution is 5.80. The number of hydrogen-bond donors (Lipinski definition) is 2. The van der Waals surface area contributed by atoms with Gasteiger partial charge in [0.15, 0.2) is 11.9 Å². The van der Waals surface area contributed by atoms with Crippen LogP contribution in [0.1, 0.15) is 32.3 Å². The summed E-state index contributed by atoms with van der Waals surface area (Å²) in [5.41, 5.74) is 6.03. The molecule has 1 aromatic carbocycles. The number of amides is 1. The second kappa shape index (κ2) is 8.21. The Morgan fingerprint density at radius 3 is 2.81 bits per heavy atom. The number of nitrogens with zero attached hydrogens (tertiary/aromatic N) is 1. The number of nitrogens with one attached hydrogen (secondary N) is 1. The van der Waals surface area contributed by atoms with Crippen LogP contribution in [0.5, 0.6) is 5.75 Å². The van der Waals surface area contributed by atoms with Gasteiger partial charge in [-0.25, -0.2) is 0 Å². The van der Waals surface area contributed by atoms with E-state index in [0.717, 1.165) is 12.8 Å². The van der Waals surface area contributed by atoms with Gasteiger partial charge in [-0.15, -0.1) is 0 Å². The summed E-state index contributed by atoms with van der Waals surface area (Å²) in [5.74, 6) is -0.239. The van der Waals surface area contributed by atoms with E-state index in [4.69, 9.17) is 10.5 Å². The number of unbranched alkanes of at least 4 members (excludes halogenated alkanes) is 1. The summed E-state index contributed by atoms with van der Waals surface area (Å²) in [6.45, 7) is 4.38. The molecule has 0 aliphatic rings. The van der Waals surface area contributed by atoms with Gasteiger partial charge in [0, 0.05) is 19.2 Å². The van der Waals surface area contributed by atoms with Crippen molar-refractivity contribution in [3.05, 3.63) is 33.9 Å². The highest BCUT2D eigenvalue weighted by atomic mass is 16.6. The molecule has 1 atom stereocenters. The van der Waals surface area contributed by atoms with E-state index in [0.29, 0.717) is 12.1 Å². The monoisotopic (exact) mass is 295 g/mol. The van der Waals surface area contributed by atoms with Crippen LogP contribution in [0.3, 0.4) is 0 Å². The quantitative estimate of drug-likeness (QED) is 0.431. The van der Waals surface area contributed by atoms with Crippen LogP contribution in [-0.2, 0) is 11.3 Å². The number of ether oxygens (including phenoxy) is 1. The van der Waals surface area contributed by atoms with Crippen LogP contribution < -0.4 is 15.8 Å². The average molecular weight is 295 g/mol. The molecule has 1 amide bonds. The Morgan fingerprint density at radius 1 is 1.52 bits per heavy atom. The number of nitrogens with two attached hydrogens (primary N) is 1. The minimum absolute atomic E-state index is 0.0566. The van der Waals surface area contributed by atoms with E-state index in [1.807, 2.05) is 6.92 Å². The Kier molecular flexibility index (Phi) is 6.61. The summed E-state index contributed by atoms with van der Waals surface area (Å²) < 4.78 is 5.43. The molecule has 0 aliphatic carbocycles. The first kappa shape index (κ1) is 16.9. The fourth-order valence-corrected chi connectivity index (χ4v) is 1.71. The van der Waals surface area contributed by atoms with Gasteiger partial charge in [-0.2, -0.15) is 0 Å². The van der Waals surface area contributed by atoms with E-state index >= 15 is 0 Å². The second-order valence-electron chi connectivity index (χ2n) is 4.67. The molecule has 7 nitrogen and oxygen atoms in total. The molecule has 21 heavy (non-hydrogen) atoms. The van der Waals surface area contributed by atoms with Gasteiger partial charge in [-0.05, 0) is 25.0 Å². The van der Waals surface area contributed by atoms with Gasteiger partial charge in [0.1, 0.15) is 0 Å². The van der Waals surface area contributed by atoms with E-state index in [2.05, 4.69) is 5.32 Å². The van der Waals surface area contributed by atoms with Crippen LogP contribution in [0.25, 0.3) is 0 Å². The maximum atomic E-state index is 11.8. The number of nitro benzene ring substituents is 1. The third-order valence-electron chi connectivity index (χ3n) is 2.96. The van der Waals surface area contributed by atoms with Gasteiger partial charge in [0.25, 0.3) is 5.91 Å². The van der Waals surface area contributed by atoms with Crippen molar-refractivity contribution in [1.82, 2.24) is 5.32 Å². The highest BCUT2D eigenvalue weighted by Crippen LogP contribution is 2.28. The molecule has 3 N–H and O–H groups in total. The van der Waals surface area contributed by atoms with Gasteiger partial charge in [-0.3, -0.25) is 14.9 Å². The Morgan fingerprint density at radius 2 is 2.24 bits per heavy atom. The molecule has 1 aromatic rings. The van der Waals surface area contributed by atoms with Crippen LogP contribution in [0, 0.1) is 10.1 Å². The molecule has 0 heterocycles. The van der Waals surface area contributed by atoms with E-state index in [-0.39, 0.29) is 23.9 Å². The minimum atomic E-state index is -0.811. The van der Waals surface area contributed by atoms with Crippen molar-refractivity contribution in [2.75, 3.05) is 6.54 Å². The summed E-state index contributed by atoms with van der Waals surface area (Å²) in [4.78, 5) is 22.3. The number of nitro groups is 1. The van der Waals surface area contributed by atoms with Gasteiger partial charge in [0.05, 0.1) is 4.92 Å². The van der Waals surface area contributed by atoms with E-state index in [1.54, 1.807) is 13.0 Å². The molecule has 0 radical (unpaired) electrons. The third-order valence-corrected chi connectivity index (χ3v) is 2.96. The number of carbonyl (C=O) groups is 1. The van der Waals surface area contributed by atoms with Gasteiger partial charge in [-0.1, -0.05) is 19.4 Å². The zero-order valence-electron chi connectivity index (χ0n) is 12.3. The van der Waals surface area contributed by atoms with Crippen LogP contribution >= 0.6 is 0 Å². The first-order valence-electron chi connectivity index (χ1n) is 6.91. The number of carbonyl (C=O) groups excluding carboxylic acids is 1. The lowest BCUT2D eigenvalue weighted by Crippen LogP contribution is -2.36. The van der Waals surface area contributed by atoms with E-state index in [1.165, 1.54) is 12.1 Å². The number of hydrogen-bond acceptors (Lipinski definition) is 5. The number of rotatable bonds is 8. The molecule has 0 saturated carbocycles. The maximum absolute atomic E-state index is 11.8. The smallest absolute Gasteiger partial charge is 0.310 e. The first-order valence-corrected chi connectivity index (χ1v) is 6.91. The highest BCUT2D eigenvalue weighted by Gasteiger charge is 2.21. The molecule has 1 rings (SSSR count). The minimum Gasteiger partial charge on any atom is -0.474 e. The largest absolute Gasteiger partial charge is 0.474 e. The van der Waals surface area contributed by atoms with Crippen molar-refractivity contribution in [3.8, 4) is 5.75 Å². The fourth-order valence-electron chi connectivity index (χ4n) is 1.71. The van der Waals surface area contributed by atoms with Crippen LogP contribution in [-0.4, -0.2) is 23.5 Å². The summed E-state index contributed by atoms with van der Waals surface area (Å²) in [7, 11) is 0. The molecule has 0 aromatic heterocycles. The zero-order chi connectivity index (χ0) is 15.8. The lowest BCUT2D eigenvalue weighted by atomic mass is 10.2. The van der Waals surface area contributed by atoms with Gasteiger partial charge in [0.2, 0.25) is 0 Å². The van der Waals surface area contributed by atoms with E-state index < -0.39 is 11.0 Å². The SMILES string of the molecule is CCCCNC(=O)C(C)Oc1cc(CN)ccc1[N+](=O)[O-]. The third kappa shape index (κ3) is 5.03. The molecule has 7 heteroatoms. The Hall–Kier alpha value is -2.15. The summed E-state index contributed by atoms with van der Waals surface area (Å²) in [6.07, 6.45) is 1.04. The average Bonchev–Trinajstić information content (AvgIpc) is 2.46. The predicted molar refractivity (Wildman–Crippen MR) is 79.0 cm³/mol. The van der Waals surface area contributed by atoms with Crippen molar-refractivity contribution in [2.24, 2.45) is 5.73 Å². The molecule has 0 saturated heterocycles. The number of benzene rings is 1. The van der Waals surface area contributed by atoms with E-state index in [9.17, 15) is 14.9 Å². The van der Waals surface area contributed by atoms with Gasteiger partial charge >= 0.3 is 5.69 Å². The van der Waals surface area contributed by atoms with Crippen molar-refractivity contribution in [1.29, 1.82) is 0 Å². The molecule has 0 aliphatic heterocycles. The molecule has 0 bridgehead atoms. The molecular formula is C14H21N3O4. The van der Waals surface area contributed by atoms with Crippen molar-refractivity contribution < 1.29 is 14.5 Å². The van der Waals surface area contributed by atoms with Crippen molar-refractivity contribution >= 4 is 11.6 Å². The van der Waals surface area contributed by atoms with Crippen LogP contribution in [0.15, 0.2) is 18.2 Å². The molecule has 0 spiro atoms. The second-order valence-corrected chi connectivity index (χ2v) is 4.67. The van der Waals surface area contributed by atoms with Crippen molar-refractivity contribution in [3.63, 3.8) is 0 Å². The standard InChI is InChI=1S/C14H21N3O4/c1-3-4-7-16-14(18)10(2)21-13-8-11(9-15)5-6-12(13)17(19)20/h5-6,8,10H,3-4,7,9,15H2,1-2H3,(H,16,18). The lowest BCUT2D eigenvalue weighted by Gasteiger charge is -2.15. The van der Waals surface area contributed by atoms with Crippen LogP contribution in [0.2, 0.25) is 0 Å². The zero-order valence-corrected chi connectivity index (χ0v) is 12.3. The summed E-state index contributed by atoms with van der Waals surface area (Å²) in [5, 5.41) is 13.7. The maximum Gasteiger partial charge on any atom is 0.310 e. The molecule has 116 valence electrons. The Bertz CT molecular complexity index is 505. The van der Waals surface area contributed by atoms with Crippen LogP contribution in [0.4, 0.5) is 5.69 Å². The van der Waals surface area contributed by atoms with Crippen molar-refractivity contribution in [2.45, 2.75) is 39.3 Å². The molecule has 1 unspecified atom stereocenters. The predicted octanol–water partition coefficient (Wildman–Crippen LogP) is 1.74. The normalized spacial score (nSPS) is 11.8. The summed E-state index contributed by atoms with van der Waals surface area (Å²) >= 11 is 0. The first-order chi connectivity index (χ1) is 9.99.